The summed E-state index contributed by atoms with van der Waals surface area (Å²) in [4.78, 5) is 8.24. The molecule has 0 N–H and O–H groups in total. The van der Waals surface area contributed by atoms with E-state index in [0.717, 1.165) is 0 Å². The van der Waals surface area contributed by atoms with Crippen molar-refractivity contribution in [1.82, 2.24) is 0 Å². The Morgan fingerprint density at radius 3 is 1.04 bits per heavy atom. The first-order chi connectivity index (χ1) is 12.6. The van der Waals surface area contributed by atoms with E-state index in [4.69, 9.17) is 45.0 Å². The van der Waals surface area contributed by atoms with E-state index in [2.05, 4.69) is 91.0 Å². The van der Waals surface area contributed by atoms with Gasteiger partial charge in [-0.2, -0.15) is 0 Å². The number of nitrogens with zero attached hydrogens (tertiary/aromatic N) is 1. The minimum absolute atomic E-state index is 0.500. The van der Waals surface area contributed by atoms with Crippen LogP contribution in [0.2, 0.25) is 0 Å². The molecule has 3 aromatic rings. The van der Waals surface area contributed by atoms with Crippen LogP contribution < -0.4 is 10.8 Å². The van der Waals surface area contributed by atoms with E-state index in [0.29, 0.717) is 6.08 Å². The average Bonchev–Trinajstić information content (AvgIpc) is 2.65. The Morgan fingerprint density at radius 1 is 0.654 bits per heavy atom. The van der Waals surface area contributed by atoms with E-state index < -0.39 is 23.8 Å². The number of hydrogen-bond acceptors (Lipinski definition) is 1. The molecular formula is C20H16Cl3NOTe. The third-order valence-electron chi connectivity index (χ3n) is 2.94. The fourth-order valence-corrected chi connectivity index (χ4v) is 8.08. The second-order valence-electron chi connectivity index (χ2n) is 4.58. The number of rotatable bonds is 3. The average molecular weight is 520 g/mol. The van der Waals surface area contributed by atoms with Crippen LogP contribution >= 0.6 is 34.8 Å². The van der Waals surface area contributed by atoms with Crippen LogP contribution in [-0.2, 0) is 4.79 Å². The van der Waals surface area contributed by atoms with Crippen LogP contribution in [0.4, 0.5) is 0 Å². The number of alkyl halides is 3. The van der Waals surface area contributed by atoms with Crippen molar-refractivity contribution in [3.8, 4) is 0 Å². The molecule has 0 saturated heterocycles. The Labute approximate surface area is 175 Å². The van der Waals surface area contributed by atoms with Crippen molar-refractivity contribution < 1.29 is 4.79 Å². The van der Waals surface area contributed by atoms with Crippen molar-refractivity contribution in [2.75, 3.05) is 0 Å². The van der Waals surface area contributed by atoms with Gasteiger partial charge >= 0.3 is 121 Å². The topological polar surface area (TPSA) is 39.4 Å². The van der Waals surface area contributed by atoms with Crippen molar-refractivity contribution in [1.29, 1.82) is 0 Å². The summed E-state index contributed by atoms with van der Waals surface area (Å²) in [5, 5.41) is 6.76. The third kappa shape index (κ3) is 8.88. The molecule has 0 bridgehead atoms. The van der Waals surface area contributed by atoms with Gasteiger partial charge in [0.2, 0.25) is 0 Å². The summed E-state index contributed by atoms with van der Waals surface area (Å²) >= 11 is 12.7. The molecule has 3 aromatic carbocycles. The molecule has 0 aliphatic rings. The molecule has 134 valence electrons. The van der Waals surface area contributed by atoms with Crippen molar-refractivity contribution >= 4 is 71.3 Å². The Kier molecular flexibility index (Phi) is 12.1. The predicted octanol–water partition coefficient (Wildman–Crippen LogP) is 4.08. The maximum atomic E-state index is 8.24. The van der Waals surface area contributed by atoms with E-state index >= 15 is 0 Å². The minimum atomic E-state index is -1.67. The summed E-state index contributed by atoms with van der Waals surface area (Å²) in [5.41, 5.74) is 0. The van der Waals surface area contributed by atoms with Gasteiger partial charge in [0, 0.05) is 0 Å². The van der Waals surface area contributed by atoms with Crippen molar-refractivity contribution in [2.45, 2.75) is 4.30 Å². The van der Waals surface area contributed by atoms with Crippen molar-refractivity contribution in [3.63, 3.8) is 0 Å². The summed E-state index contributed by atoms with van der Waals surface area (Å²) in [6.07, 6.45) is 0.500. The van der Waals surface area contributed by atoms with E-state index in [-0.39, 0.29) is 0 Å². The molecule has 2 nitrogen and oxygen atoms in total. The molecule has 0 aromatic heterocycles. The van der Waals surface area contributed by atoms with Crippen LogP contribution in [0, 0.1) is 0 Å². The van der Waals surface area contributed by atoms with Gasteiger partial charge in [-0.3, -0.25) is 4.79 Å². The van der Waals surface area contributed by atoms with Gasteiger partial charge in [-0.05, 0) is 6.08 Å². The molecule has 6 heteroatoms. The summed E-state index contributed by atoms with van der Waals surface area (Å²) in [5.74, 6) is 0. The fourth-order valence-electron chi connectivity index (χ4n) is 2.08. The first-order valence-electron chi connectivity index (χ1n) is 7.43. The summed E-state index contributed by atoms with van der Waals surface area (Å²) in [6.45, 7) is 0. The Balaban J connectivity index is 0.000000419. The summed E-state index contributed by atoms with van der Waals surface area (Å²) in [7, 11) is 0. The van der Waals surface area contributed by atoms with Crippen LogP contribution in [0.5, 0.6) is 0 Å². The number of hydrogen-bond donors (Lipinski definition) is 0. The van der Waals surface area contributed by atoms with E-state index in [1.165, 1.54) is 10.8 Å². The quantitative estimate of drug-likeness (QED) is 0.222. The summed E-state index contributed by atoms with van der Waals surface area (Å²) < 4.78 is 3.76. The second-order valence-corrected chi connectivity index (χ2v) is 12.3. The number of benzene rings is 3. The molecule has 0 radical (unpaired) electrons. The van der Waals surface area contributed by atoms with Crippen LogP contribution in [0.15, 0.2) is 91.0 Å². The van der Waals surface area contributed by atoms with E-state index in [1.807, 2.05) is 0 Å². The monoisotopic (exact) mass is 521 g/mol. The Morgan fingerprint density at radius 2 is 0.846 bits per heavy atom. The van der Waals surface area contributed by atoms with E-state index in [9.17, 15) is 0 Å². The van der Waals surface area contributed by atoms with Gasteiger partial charge < -0.3 is 5.41 Å². The van der Waals surface area contributed by atoms with E-state index in [1.54, 1.807) is 0 Å². The van der Waals surface area contributed by atoms with Crippen LogP contribution in [-0.4, -0.2) is 29.9 Å². The zero-order valence-corrected chi connectivity index (χ0v) is 18.2. The first kappa shape index (κ1) is 22.7. The van der Waals surface area contributed by atoms with Gasteiger partial charge in [-0.1, -0.05) is 34.8 Å². The van der Waals surface area contributed by atoms with Crippen LogP contribution in [0.1, 0.15) is 0 Å². The first-order valence-corrected chi connectivity index (χ1v) is 12.2. The third-order valence-corrected chi connectivity index (χ3v) is 9.30. The van der Waals surface area contributed by atoms with Gasteiger partial charge in [0.25, 0.3) is 0 Å². The van der Waals surface area contributed by atoms with Crippen molar-refractivity contribution in [2.24, 2.45) is 0 Å². The fraction of sp³-hybridized carbons (Fsp3) is 0.0500. The molecule has 0 atom stereocenters. The summed E-state index contributed by atoms with van der Waals surface area (Å²) in [6, 6.07) is 32.8. The molecule has 0 heterocycles. The van der Waals surface area contributed by atoms with Gasteiger partial charge in [0.15, 0.2) is 4.30 Å². The van der Waals surface area contributed by atoms with Gasteiger partial charge in [-0.15, -0.1) is 0 Å². The normalized spacial score (nSPS) is 9.42. The molecule has 0 saturated carbocycles. The number of halogens is 3. The standard InChI is InChI=1S/C18H15Te.CHCl3.CNO/c1-4-10-16(11-5-1)19(17-12-6-2-7-13-17)18-14-8-3-9-15-18;2-1(3)4;2-1-3/h1-15H;1H;/q+1;;-1. The molecule has 0 fully saturated rings. The Hall–Kier alpha value is -1.30. The molecule has 0 aliphatic carbocycles. The van der Waals surface area contributed by atoms with Crippen molar-refractivity contribution in [3.05, 3.63) is 96.4 Å². The molecular weight excluding hydrogens is 504 g/mol. The molecule has 0 spiro atoms. The molecule has 0 aliphatic heterocycles. The van der Waals surface area contributed by atoms with Gasteiger partial charge in [0.05, 0.1) is 0 Å². The molecule has 0 unspecified atom stereocenters. The molecule has 3 rings (SSSR count). The zero-order valence-electron chi connectivity index (χ0n) is 13.6. The predicted molar refractivity (Wildman–Crippen MR) is 114 cm³/mol. The Bertz CT molecular complexity index is 668. The zero-order chi connectivity index (χ0) is 19.2. The van der Waals surface area contributed by atoms with Crippen LogP contribution in [0.3, 0.4) is 0 Å². The number of isocyanates is 1. The molecule has 0 amide bonds. The maximum absolute atomic E-state index is 8.24. The number of carbonyl (C=O) groups excluding carboxylic acids is 1. The SMILES string of the molecule is ClC(Cl)Cl.[N-]=C=O.c1ccc([Te+](c2ccccc2)c2ccccc2)cc1. The van der Waals surface area contributed by atoms with Crippen LogP contribution in [0.25, 0.3) is 5.41 Å². The van der Waals surface area contributed by atoms with Gasteiger partial charge in [0.1, 0.15) is 0 Å². The van der Waals surface area contributed by atoms with Gasteiger partial charge in [-0.25, -0.2) is 0 Å². The second kappa shape index (κ2) is 13.8. The molecule has 26 heavy (non-hydrogen) atoms.